The van der Waals surface area contributed by atoms with Crippen LogP contribution in [0.5, 0.6) is 11.5 Å². The van der Waals surface area contributed by atoms with Crippen molar-refractivity contribution in [3.8, 4) is 22.8 Å². The molecule has 0 spiro atoms. The molecule has 0 aliphatic rings. The van der Waals surface area contributed by atoms with Crippen LogP contribution >= 0.6 is 11.3 Å². The number of thiazole rings is 1. The number of hydrogen-bond acceptors (Lipinski definition) is 5. The third-order valence-corrected chi connectivity index (χ3v) is 5.51. The molecule has 0 saturated heterocycles. The Labute approximate surface area is 178 Å². The summed E-state index contributed by atoms with van der Waals surface area (Å²) in [6, 6.07) is 7.06. The molecule has 0 bridgehead atoms. The van der Waals surface area contributed by atoms with Crippen LogP contribution in [0, 0.1) is 17.5 Å². The van der Waals surface area contributed by atoms with Gasteiger partial charge in [-0.15, -0.1) is 11.3 Å². The Morgan fingerprint density at radius 1 is 1.13 bits per heavy atom. The molecule has 0 aliphatic carbocycles. The molecule has 2 heterocycles. The third kappa shape index (κ3) is 3.93. The Morgan fingerprint density at radius 3 is 2.68 bits per heavy atom. The molecule has 10 heteroatoms. The second-order valence-corrected chi connectivity index (χ2v) is 7.36. The van der Waals surface area contributed by atoms with E-state index < -0.39 is 29.0 Å². The number of nitrogens with zero attached hydrogens (tertiary/aromatic N) is 2. The Hall–Kier alpha value is -3.53. The van der Waals surface area contributed by atoms with Crippen LogP contribution in [0.15, 0.2) is 41.9 Å². The quantitative estimate of drug-likeness (QED) is 0.436. The van der Waals surface area contributed by atoms with E-state index in [1.807, 2.05) is 0 Å². The number of carbonyl (C=O) groups excluding carboxylic acids is 1. The minimum atomic E-state index is -1.64. The van der Waals surface area contributed by atoms with Gasteiger partial charge in [0.2, 0.25) is 5.91 Å². The van der Waals surface area contributed by atoms with E-state index in [0.29, 0.717) is 27.8 Å². The molecular formula is C21H16F3N3O3S. The van der Waals surface area contributed by atoms with Crippen molar-refractivity contribution in [2.24, 2.45) is 0 Å². The Bertz CT molecular complexity index is 1290. The highest BCUT2D eigenvalue weighted by Gasteiger charge is 2.18. The fourth-order valence-electron chi connectivity index (χ4n) is 3.08. The van der Waals surface area contributed by atoms with Crippen molar-refractivity contribution in [1.29, 1.82) is 0 Å². The number of imidazole rings is 1. The molecule has 0 atom stereocenters. The molecule has 1 amide bonds. The van der Waals surface area contributed by atoms with E-state index in [4.69, 9.17) is 9.47 Å². The maximum atomic E-state index is 13.8. The number of benzene rings is 2. The molecule has 0 aliphatic heterocycles. The molecular weight excluding hydrogens is 431 g/mol. The highest BCUT2D eigenvalue weighted by atomic mass is 32.1. The number of hydrogen-bond donors (Lipinski definition) is 1. The number of anilines is 1. The van der Waals surface area contributed by atoms with Crippen molar-refractivity contribution >= 4 is 27.9 Å². The number of fused-ring (bicyclic) bond motifs is 1. The van der Waals surface area contributed by atoms with Crippen LogP contribution in [-0.2, 0) is 11.2 Å². The van der Waals surface area contributed by atoms with Crippen LogP contribution < -0.4 is 14.8 Å². The van der Waals surface area contributed by atoms with Crippen LogP contribution in [-0.4, -0.2) is 29.5 Å². The largest absolute Gasteiger partial charge is 0.497 e. The zero-order valence-corrected chi connectivity index (χ0v) is 17.2. The number of aromatic nitrogens is 2. The van der Waals surface area contributed by atoms with Gasteiger partial charge in [-0.25, -0.2) is 18.2 Å². The zero-order valence-electron chi connectivity index (χ0n) is 16.4. The molecule has 160 valence electrons. The highest BCUT2D eigenvalue weighted by molar-refractivity contribution is 7.15. The monoisotopic (exact) mass is 447 g/mol. The maximum Gasteiger partial charge on any atom is 0.230 e. The molecule has 0 saturated carbocycles. The van der Waals surface area contributed by atoms with Gasteiger partial charge in [0, 0.05) is 22.8 Å². The van der Waals surface area contributed by atoms with Crippen LogP contribution in [0.1, 0.15) is 5.69 Å². The number of carbonyl (C=O) groups is 1. The van der Waals surface area contributed by atoms with E-state index in [0.717, 1.165) is 17.7 Å². The van der Waals surface area contributed by atoms with E-state index >= 15 is 0 Å². The van der Waals surface area contributed by atoms with E-state index in [2.05, 4.69) is 10.3 Å². The fourth-order valence-corrected chi connectivity index (χ4v) is 3.95. The van der Waals surface area contributed by atoms with Crippen molar-refractivity contribution in [3.05, 3.63) is 65.1 Å². The van der Waals surface area contributed by atoms with Gasteiger partial charge < -0.3 is 14.8 Å². The highest BCUT2D eigenvalue weighted by Crippen LogP contribution is 2.34. The minimum absolute atomic E-state index is 0.122. The van der Waals surface area contributed by atoms with Gasteiger partial charge in [-0.3, -0.25) is 9.20 Å². The Balaban J connectivity index is 1.60. The van der Waals surface area contributed by atoms with Crippen molar-refractivity contribution in [1.82, 2.24) is 9.38 Å². The first-order chi connectivity index (χ1) is 14.9. The Kier molecular flexibility index (Phi) is 5.55. The van der Waals surface area contributed by atoms with Crippen molar-refractivity contribution < 1.29 is 27.4 Å². The van der Waals surface area contributed by atoms with Crippen molar-refractivity contribution in [2.45, 2.75) is 6.42 Å². The number of ether oxygens (including phenoxy) is 2. The lowest BCUT2D eigenvalue weighted by molar-refractivity contribution is -0.115. The normalized spacial score (nSPS) is 11.0. The molecule has 31 heavy (non-hydrogen) atoms. The lowest BCUT2D eigenvalue weighted by Crippen LogP contribution is -2.16. The predicted molar refractivity (Wildman–Crippen MR) is 110 cm³/mol. The van der Waals surface area contributed by atoms with Crippen LogP contribution in [0.2, 0.25) is 0 Å². The van der Waals surface area contributed by atoms with Gasteiger partial charge in [-0.05, 0) is 30.3 Å². The van der Waals surface area contributed by atoms with Crippen molar-refractivity contribution in [2.75, 3.05) is 19.5 Å². The minimum Gasteiger partial charge on any atom is -0.497 e. The summed E-state index contributed by atoms with van der Waals surface area (Å²) >= 11 is 1.32. The third-order valence-electron chi connectivity index (χ3n) is 4.62. The van der Waals surface area contributed by atoms with Crippen molar-refractivity contribution in [3.63, 3.8) is 0 Å². The fraction of sp³-hybridized carbons (Fsp3) is 0.143. The smallest absolute Gasteiger partial charge is 0.230 e. The van der Waals surface area contributed by atoms with Gasteiger partial charge in [0.15, 0.2) is 22.4 Å². The summed E-state index contributed by atoms with van der Waals surface area (Å²) in [6.45, 7) is 0. The lowest BCUT2D eigenvalue weighted by Gasteiger charge is -2.08. The Morgan fingerprint density at radius 2 is 1.94 bits per heavy atom. The molecule has 0 fully saturated rings. The summed E-state index contributed by atoms with van der Waals surface area (Å²) < 4.78 is 52.7. The van der Waals surface area contributed by atoms with Gasteiger partial charge in [0.05, 0.1) is 32.0 Å². The summed E-state index contributed by atoms with van der Waals surface area (Å²) in [5, 5.41) is 4.01. The first-order valence-electron chi connectivity index (χ1n) is 9.02. The van der Waals surface area contributed by atoms with Gasteiger partial charge in [-0.1, -0.05) is 0 Å². The molecule has 2 aromatic heterocycles. The maximum absolute atomic E-state index is 13.8. The van der Waals surface area contributed by atoms with E-state index in [9.17, 15) is 18.0 Å². The molecule has 0 unspecified atom stereocenters. The molecule has 6 nitrogen and oxygen atoms in total. The first kappa shape index (κ1) is 20.7. The standard InChI is InChI=1S/C21H16F3N3O3S/c1-29-12-3-6-17(30-2)13(8-12)16-9-27-11(10-31-21(27)26-16)7-18(28)25-15-5-4-14(22)19(23)20(15)24/h3-6,8-10H,7H2,1-2H3,(H,25,28). The molecule has 1 N–H and O–H groups in total. The summed E-state index contributed by atoms with van der Waals surface area (Å²) in [5.41, 5.74) is 1.51. The van der Waals surface area contributed by atoms with Gasteiger partial charge in [0.25, 0.3) is 0 Å². The van der Waals surface area contributed by atoms with E-state index in [1.54, 1.807) is 48.4 Å². The number of nitrogens with one attached hydrogen (secondary N) is 1. The summed E-state index contributed by atoms with van der Waals surface area (Å²) in [5.74, 6) is -3.74. The lowest BCUT2D eigenvalue weighted by atomic mass is 10.1. The van der Waals surface area contributed by atoms with Gasteiger partial charge in [-0.2, -0.15) is 0 Å². The second kappa shape index (κ2) is 8.31. The number of amides is 1. The van der Waals surface area contributed by atoms with Gasteiger partial charge >= 0.3 is 0 Å². The van der Waals surface area contributed by atoms with Crippen LogP contribution in [0.25, 0.3) is 16.2 Å². The van der Waals surface area contributed by atoms with Crippen LogP contribution in [0.3, 0.4) is 0 Å². The summed E-state index contributed by atoms with van der Waals surface area (Å²) in [7, 11) is 3.11. The number of halogens is 3. The molecule has 4 rings (SSSR count). The summed E-state index contributed by atoms with van der Waals surface area (Å²) in [6.07, 6.45) is 1.63. The second-order valence-electron chi connectivity index (χ2n) is 6.52. The summed E-state index contributed by atoms with van der Waals surface area (Å²) in [4.78, 5) is 17.6. The molecule has 2 aromatic carbocycles. The SMILES string of the molecule is COc1ccc(OC)c(-c2cn3c(CC(=O)Nc4ccc(F)c(F)c4F)csc3n2)c1. The number of rotatable bonds is 6. The average Bonchev–Trinajstić information content (AvgIpc) is 3.35. The van der Waals surface area contributed by atoms with Gasteiger partial charge in [0.1, 0.15) is 11.5 Å². The number of methoxy groups -OCH3 is 2. The average molecular weight is 447 g/mol. The van der Waals surface area contributed by atoms with E-state index in [-0.39, 0.29) is 6.42 Å². The zero-order chi connectivity index (χ0) is 22.1. The van der Waals surface area contributed by atoms with Crippen LogP contribution in [0.4, 0.5) is 18.9 Å². The topological polar surface area (TPSA) is 64.9 Å². The van der Waals surface area contributed by atoms with E-state index in [1.165, 1.54) is 11.3 Å². The molecule has 0 radical (unpaired) electrons. The molecule has 4 aromatic rings. The first-order valence-corrected chi connectivity index (χ1v) is 9.90. The predicted octanol–water partition coefficient (Wildman–Crippen LogP) is 4.68.